The van der Waals surface area contributed by atoms with Gasteiger partial charge in [-0.25, -0.2) is 4.98 Å². The molecular formula is C26H19N5O2S. The van der Waals surface area contributed by atoms with E-state index < -0.39 is 0 Å². The summed E-state index contributed by atoms with van der Waals surface area (Å²) in [5.41, 5.74) is 10.2. The molecule has 8 heteroatoms. The molecule has 2 N–H and O–H groups in total. The van der Waals surface area contributed by atoms with Gasteiger partial charge in [0.1, 0.15) is 40.0 Å². The van der Waals surface area contributed by atoms with Crippen LogP contribution in [-0.4, -0.2) is 21.7 Å². The van der Waals surface area contributed by atoms with Gasteiger partial charge in [-0.05, 0) is 19.4 Å². The molecule has 0 saturated heterocycles. The molecule has 0 spiro atoms. The van der Waals surface area contributed by atoms with E-state index in [1.54, 1.807) is 6.92 Å². The number of rotatable bonds is 6. The van der Waals surface area contributed by atoms with Gasteiger partial charge in [0.15, 0.2) is 5.78 Å². The zero-order chi connectivity index (χ0) is 24.2. The van der Waals surface area contributed by atoms with Crippen molar-refractivity contribution in [3.63, 3.8) is 0 Å². The van der Waals surface area contributed by atoms with Crippen molar-refractivity contribution in [3.8, 4) is 34.5 Å². The molecule has 34 heavy (non-hydrogen) atoms. The molecule has 0 aliphatic carbocycles. The molecule has 0 aliphatic heterocycles. The Morgan fingerprint density at radius 3 is 2.32 bits per heavy atom. The predicted molar refractivity (Wildman–Crippen MR) is 130 cm³/mol. The van der Waals surface area contributed by atoms with Crippen LogP contribution in [0, 0.1) is 36.5 Å². The van der Waals surface area contributed by atoms with Gasteiger partial charge < -0.3 is 10.3 Å². The summed E-state index contributed by atoms with van der Waals surface area (Å²) in [7, 11) is 0. The minimum atomic E-state index is -0.215. The number of ketones is 1. The highest BCUT2D eigenvalue weighted by Crippen LogP contribution is 2.36. The lowest BCUT2D eigenvalue weighted by Crippen LogP contribution is -2.07. The van der Waals surface area contributed by atoms with E-state index in [9.17, 15) is 15.3 Å². The summed E-state index contributed by atoms with van der Waals surface area (Å²) >= 11 is 1.09. The highest BCUT2D eigenvalue weighted by Gasteiger charge is 2.24. The molecule has 2 aromatic carbocycles. The summed E-state index contributed by atoms with van der Waals surface area (Å²) < 4.78 is 5.30. The fraction of sp³-hybridized carbons (Fsp3) is 0.115. The van der Waals surface area contributed by atoms with Crippen molar-refractivity contribution in [2.24, 2.45) is 0 Å². The molecule has 0 fully saturated rings. The summed E-state index contributed by atoms with van der Waals surface area (Å²) in [5.74, 6) is 0.200. The molecule has 0 unspecified atom stereocenters. The number of nitrogen functional groups attached to an aromatic ring is 1. The van der Waals surface area contributed by atoms with E-state index in [0.717, 1.165) is 22.9 Å². The molecule has 0 amide bonds. The monoisotopic (exact) mass is 465 g/mol. The van der Waals surface area contributed by atoms with E-state index in [1.165, 1.54) is 0 Å². The van der Waals surface area contributed by atoms with Gasteiger partial charge in [0.05, 0.1) is 16.9 Å². The third kappa shape index (κ3) is 4.27. The highest BCUT2D eigenvalue weighted by molar-refractivity contribution is 8.00. The van der Waals surface area contributed by atoms with Crippen LogP contribution in [0.1, 0.15) is 32.8 Å². The Morgan fingerprint density at radius 1 is 1.00 bits per heavy atom. The number of aromatic nitrogens is 2. The zero-order valence-electron chi connectivity index (χ0n) is 18.5. The summed E-state index contributed by atoms with van der Waals surface area (Å²) in [6, 6.07) is 21.0. The molecule has 0 aliphatic rings. The predicted octanol–water partition coefficient (Wildman–Crippen LogP) is 5.32. The Kier molecular flexibility index (Phi) is 6.44. The van der Waals surface area contributed by atoms with E-state index >= 15 is 0 Å². The zero-order valence-corrected chi connectivity index (χ0v) is 19.3. The summed E-state index contributed by atoms with van der Waals surface area (Å²) in [4.78, 5) is 17.5. The van der Waals surface area contributed by atoms with Gasteiger partial charge in [-0.2, -0.15) is 10.5 Å². The number of benzene rings is 2. The first-order chi connectivity index (χ1) is 16.4. The fourth-order valence-corrected chi connectivity index (χ4v) is 4.48. The van der Waals surface area contributed by atoms with E-state index in [1.807, 2.05) is 61.5 Å². The molecule has 2 aromatic heterocycles. The number of aryl methyl sites for hydroxylation is 2. The fourth-order valence-electron chi connectivity index (χ4n) is 3.61. The van der Waals surface area contributed by atoms with Crippen LogP contribution in [0.25, 0.3) is 22.4 Å². The lowest BCUT2D eigenvalue weighted by molar-refractivity contribution is 0.102. The van der Waals surface area contributed by atoms with Crippen LogP contribution >= 0.6 is 11.8 Å². The topological polar surface area (TPSA) is 130 Å². The average molecular weight is 466 g/mol. The Bertz CT molecular complexity index is 1460. The standard InChI is InChI=1S/C26H19N5O2S/c1-15-8-10-17(11-9-15)23-19(12-27)25(29)30-26(20(23)13-28)34-14-21(32)22-16(2)33-31-24(22)18-6-4-3-5-7-18/h3-11H,14H2,1-2H3,(H2,29,30). The number of carbonyl (C=O) groups excluding carboxylic acids is 1. The Morgan fingerprint density at radius 2 is 1.68 bits per heavy atom. The van der Waals surface area contributed by atoms with Crippen LogP contribution < -0.4 is 5.73 Å². The Hall–Kier alpha value is -4.40. The normalized spacial score (nSPS) is 10.5. The van der Waals surface area contributed by atoms with E-state index in [4.69, 9.17) is 10.3 Å². The third-order valence-electron chi connectivity index (χ3n) is 5.28. The second-order valence-electron chi connectivity index (χ2n) is 7.56. The first-order valence-corrected chi connectivity index (χ1v) is 11.3. The summed E-state index contributed by atoms with van der Waals surface area (Å²) in [6.45, 7) is 3.63. The minimum absolute atomic E-state index is 0.0117. The van der Waals surface area contributed by atoms with Crippen molar-refractivity contribution < 1.29 is 9.32 Å². The average Bonchev–Trinajstić information content (AvgIpc) is 3.24. The van der Waals surface area contributed by atoms with Crippen LogP contribution in [0.15, 0.2) is 64.1 Å². The first kappa shape index (κ1) is 22.8. The van der Waals surface area contributed by atoms with Gasteiger partial charge >= 0.3 is 0 Å². The smallest absolute Gasteiger partial charge is 0.178 e. The van der Waals surface area contributed by atoms with Gasteiger partial charge in [0, 0.05) is 11.1 Å². The number of nitrogens with zero attached hydrogens (tertiary/aromatic N) is 4. The quantitative estimate of drug-likeness (QED) is 0.299. The lowest BCUT2D eigenvalue weighted by atomic mass is 9.96. The third-order valence-corrected chi connectivity index (χ3v) is 6.26. The summed E-state index contributed by atoms with van der Waals surface area (Å²) in [6.07, 6.45) is 0. The number of nitrogens with two attached hydrogens (primary N) is 1. The number of nitriles is 2. The first-order valence-electron chi connectivity index (χ1n) is 10.3. The molecule has 2 heterocycles. The number of pyridine rings is 1. The van der Waals surface area contributed by atoms with Crippen molar-refractivity contribution in [2.45, 2.75) is 18.9 Å². The maximum Gasteiger partial charge on any atom is 0.178 e. The number of carbonyl (C=O) groups is 1. The van der Waals surface area contributed by atoms with Gasteiger partial charge in [-0.3, -0.25) is 4.79 Å². The van der Waals surface area contributed by atoms with E-state index in [2.05, 4.69) is 22.3 Å². The molecule has 0 atom stereocenters. The molecule has 0 bridgehead atoms. The Labute approximate surface area is 200 Å². The molecule has 0 radical (unpaired) electrons. The van der Waals surface area contributed by atoms with Crippen molar-refractivity contribution in [1.29, 1.82) is 10.5 Å². The molecule has 166 valence electrons. The van der Waals surface area contributed by atoms with Crippen molar-refractivity contribution in [1.82, 2.24) is 10.1 Å². The SMILES string of the molecule is Cc1ccc(-c2c(C#N)c(N)nc(SCC(=O)c3c(-c4ccccc4)noc3C)c2C#N)cc1. The second-order valence-corrected chi connectivity index (χ2v) is 8.52. The number of anilines is 1. The summed E-state index contributed by atoms with van der Waals surface area (Å²) in [5, 5.41) is 24.0. The number of thioether (sulfide) groups is 1. The Balaban J connectivity index is 1.71. The lowest BCUT2D eigenvalue weighted by Gasteiger charge is -2.13. The van der Waals surface area contributed by atoms with Crippen LogP contribution in [0.3, 0.4) is 0 Å². The molecule has 4 aromatic rings. The van der Waals surface area contributed by atoms with Crippen LogP contribution in [0.2, 0.25) is 0 Å². The van der Waals surface area contributed by atoms with E-state index in [-0.39, 0.29) is 28.5 Å². The maximum absolute atomic E-state index is 13.2. The van der Waals surface area contributed by atoms with Gasteiger partial charge in [0.2, 0.25) is 0 Å². The largest absolute Gasteiger partial charge is 0.383 e. The molecule has 4 rings (SSSR count). The van der Waals surface area contributed by atoms with Crippen LogP contribution in [0.4, 0.5) is 5.82 Å². The molecule has 7 nitrogen and oxygen atoms in total. The van der Waals surface area contributed by atoms with Crippen molar-refractivity contribution in [3.05, 3.63) is 82.6 Å². The molecular weight excluding hydrogens is 446 g/mol. The van der Waals surface area contributed by atoms with Crippen molar-refractivity contribution in [2.75, 3.05) is 11.5 Å². The van der Waals surface area contributed by atoms with Gasteiger partial charge in [0.25, 0.3) is 0 Å². The van der Waals surface area contributed by atoms with Gasteiger partial charge in [-0.15, -0.1) is 0 Å². The minimum Gasteiger partial charge on any atom is -0.383 e. The van der Waals surface area contributed by atoms with Crippen LogP contribution in [0.5, 0.6) is 0 Å². The number of hydrogen-bond donors (Lipinski definition) is 1. The van der Waals surface area contributed by atoms with Gasteiger partial charge in [-0.1, -0.05) is 77.1 Å². The van der Waals surface area contributed by atoms with Crippen molar-refractivity contribution >= 4 is 23.4 Å². The van der Waals surface area contributed by atoms with E-state index in [0.29, 0.717) is 33.2 Å². The maximum atomic E-state index is 13.2. The number of Topliss-reactive ketones (excluding diaryl/α,β-unsaturated/α-hetero) is 1. The second kappa shape index (κ2) is 9.62. The molecule has 0 saturated carbocycles. The van der Waals surface area contributed by atoms with Crippen LogP contribution in [-0.2, 0) is 0 Å². The number of hydrogen-bond acceptors (Lipinski definition) is 8. The highest BCUT2D eigenvalue weighted by atomic mass is 32.2.